The first kappa shape index (κ1) is 22.6. The standard InChI is InChI=1S/C29H31ClO2/c1-22(31)32-29(25-14-8-5-9-15-25,27-16-10-11-17-28(27)30)26-20-18-24(19-21-26)23-12-6-3-2-4-7-13-23/h5,8-11,14-21,23H,2-4,6-7,12-13H2,1H3. The largest absolute Gasteiger partial charge is 0.444 e. The summed E-state index contributed by atoms with van der Waals surface area (Å²) < 4.78 is 6.18. The summed E-state index contributed by atoms with van der Waals surface area (Å²) in [7, 11) is 0. The molecular formula is C29H31ClO2. The van der Waals surface area contributed by atoms with E-state index in [-0.39, 0.29) is 5.97 Å². The lowest BCUT2D eigenvalue weighted by molar-refractivity contribution is -0.150. The van der Waals surface area contributed by atoms with Crippen molar-refractivity contribution in [3.8, 4) is 0 Å². The molecule has 3 aromatic rings. The second-order valence-corrected chi connectivity index (χ2v) is 9.19. The first-order chi connectivity index (χ1) is 15.6. The van der Waals surface area contributed by atoms with E-state index < -0.39 is 5.60 Å². The van der Waals surface area contributed by atoms with Crippen LogP contribution in [0.2, 0.25) is 5.02 Å². The topological polar surface area (TPSA) is 26.3 Å². The summed E-state index contributed by atoms with van der Waals surface area (Å²) in [6, 6.07) is 26.2. The number of ether oxygens (including phenoxy) is 1. The molecule has 166 valence electrons. The van der Waals surface area contributed by atoms with E-state index in [1.165, 1.54) is 57.4 Å². The van der Waals surface area contributed by atoms with Crippen LogP contribution >= 0.6 is 11.6 Å². The normalized spacial score (nSPS) is 17.1. The first-order valence-electron chi connectivity index (χ1n) is 11.7. The first-order valence-corrected chi connectivity index (χ1v) is 12.1. The number of hydrogen-bond acceptors (Lipinski definition) is 2. The molecule has 0 heterocycles. The lowest BCUT2D eigenvalue weighted by Gasteiger charge is -2.35. The number of halogens is 1. The maximum atomic E-state index is 12.4. The van der Waals surface area contributed by atoms with E-state index in [0.717, 1.165) is 16.7 Å². The van der Waals surface area contributed by atoms with Gasteiger partial charge in [-0.05, 0) is 30.4 Å². The Labute approximate surface area is 196 Å². The van der Waals surface area contributed by atoms with Gasteiger partial charge in [0.25, 0.3) is 0 Å². The van der Waals surface area contributed by atoms with E-state index in [1.807, 2.05) is 54.6 Å². The molecule has 0 saturated heterocycles. The molecule has 1 atom stereocenters. The Hall–Kier alpha value is -2.58. The third-order valence-corrected chi connectivity index (χ3v) is 6.95. The zero-order valence-corrected chi connectivity index (χ0v) is 19.5. The molecular weight excluding hydrogens is 416 g/mol. The zero-order valence-electron chi connectivity index (χ0n) is 18.7. The molecule has 0 aliphatic heterocycles. The number of hydrogen-bond donors (Lipinski definition) is 0. The lowest BCUT2D eigenvalue weighted by atomic mass is 9.78. The molecule has 1 aliphatic carbocycles. The van der Waals surface area contributed by atoms with E-state index in [2.05, 4.69) is 24.3 Å². The quantitative estimate of drug-likeness (QED) is 0.293. The summed E-state index contributed by atoms with van der Waals surface area (Å²) in [5, 5.41) is 0.571. The highest BCUT2D eigenvalue weighted by molar-refractivity contribution is 6.31. The fourth-order valence-electron chi connectivity index (χ4n) is 5.07. The van der Waals surface area contributed by atoms with Gasteiger partial charge in [0, 0.05) is 28.6 Å². The second-order valence-electron chi connectivity index (χ2n) is 8.78. The van der Waals surface area contributed by atoms with Gasteiger partial charge < -0.3 is 4.74 Å². The van der Waals surface area contributed by atoms with Crippen molar-refractivity contribution in [2.45, 2.75) is 63.4 Å². The summed E-state index contributed by atoms with van der Waals surface area (Å²) in [6.45, 7) is 1.46. The molecule has 4 rings (SSSR count). The van der Waals surface area contributed by atoms with Crippen molar-refractivity contribution in [1.82, 2.24) is 0 Å². The van der Waals surface area contributed by atoms with Crippen molar-refractivity contribution >= 4 is 17.6 Å². The number of rotatable bonds is 5. The summed E-state index contributed by atoms with van der Waals surface area (Å²) >= 11 is 6.69. The van der Waals surface area contributed by atoms with Gasteiger partial charge in [0.2, 0.25) is 0 Å². The van der Waals surface area contributed by atoms with Gasteiger partial charge in [-0.2, -0.15) is 0 Å². The highest BCUT2D eigenvalue weighted by atomic mass is 35.5. The van der Waals surface area contributed by atoms with E-state index in [9.17, 15) is 4.79 Å². The molecule has 0 radical (unpaired) electrons. The average molecular weight is 447 g/mol. The summed E-state index contributed by atoms with van der Waals surface area (Å²) in [6.07, 6.45) is 9.14. The van der Waals surface area contributed by atoms with Gasteiger partial charge in [-0.3, -0.25) is 4.79 Å². The smallest absolute Gasteiger partial charge is 0.304 e. The maximum absolute atomic E-state index is 12.4. The Morgan fingerprint density at radius 2 is 1.34 bits per heavy atom. The van der Waals surface area contributed by atoms with E-state index in [0.29, 0.717) is 10.9 Å². The molecule has 1 aliphatic rings. The molecule has 2 nitrogen and oxygen atoms in total. The second kappa shape index (κ2) is 10.4. The molecule has 32 heavy (non-hydrogen) atoms. The van der Waals surface area contributed by atoms with Crippen LogP contribution < -0.4 is 0 Å². The Balaban J connectivity index is 1.83. The van der Waals surface area contributed by atoms with Gasteiger partial charge in [-0.15, -0.1) is 0 Å². The number of esters is 1. The van der Waals surface area contributed by atoms with Crippen LogP contribution in [0, 0.1) is 0 Å². The van der Waals surface area contributed by atoms with Gasteiger partial charge in [-0.1, -0.05) is 117 Å². The van der Waals surface area contributed by atoms with Crippen LogP contribution in [0.4, 0.5) is 0 Å². The van der Waals surface area contributed by atoms with Crippen LogP contribution in [0.25, 0.3) is 0 Å². The van der Waals surface area contributed by atoms with Gasteiger partial charge in [0.05, 0.1) is 0 Å². The number of carbonyl (C=O) groups is 1. The number of benzene rings is 3. The molecule has 1 fully saturated rings. The van der Waals surface area contributed by atoms with Crippen LogP contribution in [0.3, 0.4) is 0 Å². The highest BCUT2D eigenvalue weighted by Gasteiger charge is 2.41. The lowest BCUT2D eigenvalue weighted by Crippen LogP contribution is -2.35. The predicted octanol–water partition coefficient (Wildman–Crippen LogP) is 8.02. The van der Waals surface area contributed by atoms with Crippen molar-refractivity contribution in [2.24, 2.45) is 0 Å². The monoisotopic (exact) mass is 446 g/mol. The summed E-state index contributed by atoms with van der Waals surface area (Å²) in [5.41, 5.74) is 2.82. The molecule has 0 aromatic heterocycles. The molecule has 1 unspecified atom stereocenters. The Kier molecular flexibility index (Phi) is 7.32. The van der Waals surface area contributed by atoms with Crippen molar-refractivity contribution in [2.75, 3.05) is 0 Å². The van der Waals surface area contributed by atoms with Crippen LogP contribution in [0.1, 0.15) is 80.0 Å². The third-order valence-electron chi connectivity index (χ3n) is 6.62. The molecule has 0 spiro atoms. The maximum Gasteiger partial charge on any atom is 0.304 e. The van der Waals surface area contributed by atoms with Crippen LogP contribution in [-0.2, 0) is 15.1 Å². The van der Waals surface area contributed by atoms with Crippen molar-refractivity contribution in [3.63, 3.8) is 0 Å². The van der Waals surface area contributed by atoms with Gasteiger partial charge >= 0.3 is 5.97 Å². The van der Waals surface area contributed by atoms with Crippen molar-refractivity contribution in [3.05, 3.63) is 106 Å². The van der Waals surface area contributed by atoms with Gasteiger partial charge in [-0.25, -0.2) is 0 Å². The van der Waals surface area contributed by atoms with Crippen LogP contribution in [0.15, 0.2) is 78.9 Å². The fourth-order valence-corrected chi connectivity index (χ4v) is 5.33. The van der Waals surface area contributed by atoms with Crippen LogP contribution in [-0.4, -0.2) is 5.97 Å². The molecule has 3 heteroatoms. The predicted molar refractivity (Wildman–Crippen MR) is 131 cm³/mol. The van der Waals surface area contributed by atoms with Gasteiger partial charge in [0.15, 0.2) is 5.60 Å². The highest BCUT2D eigenvalue weighted by Crippen LogP contribution is 2.44. The third kappa shape index (κ3) is 4.76. The Morgan fingerprint density at radius 1 is 0.781 bits per heavy atom. The van der Waals surface area contributed by atoms with E-state index in [1.54, 1.807) is 0 Å². The molecule has 1 saturated carbocycles. The van der Waals surface area contributed by atoms with Gasteiger partial charge in [0.1, 0.15) is 0 Å². The van der Waals surface area contributed by atoms with E-state index >= 15 is 0 Å². The average Bonchev–Trinajstić information content (AvgIpc) is 2.78. The van der Waals surface area contributed by atoms with Crippen LogP contribution in [0.5, 0.6) is 0 Å². The zero-order chi connectivity index (χ0) is 22.4. The van der Waals surface area contributed by atoms with Crippen molar-refractivity contribution < 1.29 is 9.53 Å². The Bertz CT molecular complexity index is 1020. The SMILES string of the molecule is CC(=O)OC(c1ccccc1)(c1ccc(C2CCCCCCC2)cc1)c1ccccc1Cl. The molecule has 3 aromatic carbocycles. The summed E-state index contributed by atoms with van der Waals surface area (Å²) in [4.78, 5) is 12.4. The van der Waals surface area contributed by atoms with E-state index in [4.69, 9.17) is 16.3 Å². The Morgan fingerprint density at radius 3 is 1.97 bits per heavy atom. The molecule has 0 N–H and O–H groups in total. The minimum Gasteiger partial charge on any atom is -0.444 e. The van der Waals surface area contributed by atoms with Crippen molar-refractivity contribution in [1.29, 1.82) is 0 Å². The summed E-state index contributed by atoms with van der Waals surface area (Å²) in [5.74, 6) is 0.252. The minimum absolute atomic E-state index is 0.349. The minimum atomic E-state index is -1.11. The molecule has 0 bridgehead atoms. The fraction of sp³-hybridized carbons (Fsp3) is 0.345. The number of carbonyl (C=O) groups excluding carboxylic acids is 1. The molecule has 0 amide bonds.